The van der Waals surface area contributed by atoms with Crippen LogP contribution in [-0.2, 0) is 20.5 Å². The molecule has 1 aliphatic heterocycles. The Labute approximate surface area is 216 Å². The smallest absolute Gasteiger partial charge is 0.323 e. The van der Waals surface area contributed by atoms with Gasteiger partial charge in [-0.3, -0.25) is 9.36 Å². The molecule has 6 nitrogen and oxygen atoms in total. The molecule has 2 aromatic carbocycles. The molecule has 0 amide bonds. The lowest BCUT2D eigenvalue weighted by atomic mass is 9.90. The summed E-state index contributed by atoms with van der Waals surface area (Å²) in [6, 6.07) is 9.55. The molecule has 3 rings (SSSR count). The first-order valence-corrected chi connectivity index (χ1v) is 15.0. The van der Waals surface area contributed by atoms with Crippen molar-refractivity contribution in [1.82, 2.24) is 5.09 Å². The largest absolute Gasteiger partial charge is 0.485 e. The highest BCUT2D eigenvalue weighted by molar-refractivity contribution is 7.56. The maximum Gasteiger partial charge on any atom is 0.323 e. The van der Waals surface area contributed by atoms with Gasteiger partial charge in [0.2, 0.25) is 0 Å². The zero-order chi connectivity index (χ0) is 26.7. The van der Waals surface area contributed by atoms with Crippen LogP contribution in [-0.4, -0.2) is 25.3 Å². The summed E-state index contributed by atoms with van der Waals surface area (Å²) in [4.78, 5) is 12.5. The molecule has 2 unspecified atom stereocenters. The van der Waals surface area contributed by atoms with Crippen LogP contribution < -0.4 is 14.3 Å². The van der Waals surface area contributed by atoms with Crippen molar-refractivity contribution >= 4 is 13.5 Å². The van der Waals surface area contributed by atoms with Crippen LogP contribution in [0.5, 0.6) is 11.5 Å². The van der Waals surface area contributed by atoms with Crippen molar-refractivity contribution in [1.29, 1.82) is 0 Å². The van der Waals surface area contributed by atoms with Gasteiger partial charge in [0.25, 0.3) is 0 Å². The molecular formula is C29H42NO5P. The highest BCUT2D eigenvalue weighted by Crippen LogP contribution is 2.52. The SMILES string of the molecule is CCCCCc1cc2c(c(OP(C)(=O)N[C@@H](C)C(=O)OCC(C)(C)C)c1)-c1cc(C)ccc1C(C)O2. The van der Waals surface area contributed by atoms with E-state index in [1.807, 2.05) is 33.8 Å². The van der Waals surface area contributed by atoms with Gasteiger partial charge in [0.15, 0.2) is 0 Å². The fourth-order valence-electron chi connectivity index (χ4n) is 4.32. The van der Waals surface area contributed by atoms with Gasteiger partial charge in [-0.05, 0) is 62.3 Å². The molecule has 0 fully saturated rings. The minimum absolute atomic E-state index is 0.101. The fourth-order valence-corrected chi connectivity index (χ4v) is 5.71. The molecule has 0 saturated carbocycles. The van der Waals surface area contributed by atoms with Crippen LogP contribution >= 0.6 is 7.52 Å². The van der Waals surface area contributed by atoms with E-state index in [2.05, 4.69) is 43.2 Å². The molecule has 0 saturated heterocycles. The van der Waals surface area contributed by atoms with Crippen molar-refractivity contribution in [2.45, 2.75) is 86.3 Å². The normalized spacial score (nSPS) is 17.3. The summed E-state index contributed by atoms with van der Waals surface area (Å²) in [5.74, 6) is 0.789. The number of carbonyl (C=O) groups is 1. The second kappa shape index (κ2) is 11.4. The molecule has 0 aromatic heterocycles. The van der Waals surface area contributed by atoms with Crippen LogP contribution in [0.4, 0.5) is 0 Å². The Morgan fingerprint density at radius 1 is 1.19 bits per heavy atom. The fraction of sp³-hybridized carbons (Fsp3) is 0.552. The molecule has 1 N–H and O–H groups in total. The van der Waals surface area contributed by atoms with Crippen molar-refractivity contribution in [2.24, 2.45) is 5.41 Å². The molecule has 36 heavy (non-hydrogen) atoms. The minimum Gasteiger partial charge on any atom is -0.485 e. The number of aryl methyl sites for hydroxylation is 2. The van der Waals surface area contributed by atoms with E-state index in [0.717, 1.165) is 59.3 Å². The van der Waals surface area contributed by atoms with Gasteiger partial charge in [0.1, 0.15) is 23.6 Å². The van der Waals surface area contributed by atoms with Gasteiger partial charge >= 0.3 is 13.5 Å². The zero-order valence-corrected chi connectivity index (χ0v) is 24.0. The maximum atomic E-state index is 13.6. The first kappa shape index (κ1) is 28.3. The van der Waals surface area contributed by atoms with Gasteiger partial charge in [-0.15, -0.1) is 0 Å². The number of unbranched alkanes of at least 4 members (excludes halogenated alkanes) is 2. The summed E-state index contributed by atoms with van der Waals surface area (Å²) in [6.07, 6.45) is 4.10. The third-order valence-electron chi connectivity index (χ3n) is 6.12. The third kappa shape index (κ3) is 7.36. The molecular weight excluding hydrogens is 473 g/mol. The van der Waals surface area contributed by atoms with Crippen LogP contribution in [0, 0.1) is 12.3 Å². The van der Waals surface area contributed by atoms with Gasteiger partial charge in [-0.2, -0.15) is 0 Å². The standard InChI is InChI=1S/C29H42NO5P/c1-9-10-11-12-22-16-25-27(24-15-19(2)13-14-23(24)21(4)34-25)26(17-22)35-36(8,32)30-20(3)28(31)33-18-29(5,6)7/h13-17,20-21H,9-12,18H2,1-8H3,(H,30,32)/t20-,21?,36?/m0/s1. The summed E-state index contributed by atoms with van der Waals surface area (Å²) >= 11 is 0. The number of ether oxygens (including phenoxy) is 2. The Kier molecular flexibility index (Phi) is 8.95. The predicted molar refractivity (Wildman–Crippen MR) is 146 cm³/mol. The molecule has 0 bridgehead atoms. The number of hydrogen-bond acceptors (Lipinski definition) is 5. The maximum absolute atomic E-state index is 13.6. The first-order valence-electron chi connectivity index (χ1n) is 13.0. The number of fused-ring (bicyclic) bond motifs is 3. The van der Waals surface area contributed by atoms with Crippen molar-refractivity contribution < 1.29 is 23.4 Å². The topological polar surface area (TPSA) is 73.9 Å². The molecule has 198 valence electrons. The first-order chi connectivity index (χ1) is 16.8. The van der Waals surface area contributed by atoms with E-state index in [-0.39, 0.29) is 18.1 Å². The van der Waals surface area contributed by atoms with Crippen molar-refractivity contribution in [2.75, 3.05) is 13.3 Å². The summed E-state index contributed by atoms with van der Waals surface area (Å²) < 4.78 is 31.5. The van der Waals surface area contributed by atoms with Crippen LogP contribution in [0.25, 0.3) is 11.1 Å². The van der Waals surface area contributed by atoms with Crippen LogP contribution in [0.2, 0.25) is 0 Å². The number of esters is 1. The second-order valence-electron chi connectivity index (χ2n) is 11.2. The van der Waals surface area contributed by atoms with E-state index < -0.39 is 19.5 Å². The van der Waals surface area contributed by atoms with E-state index in [1.54, 1.807) is 6.92 Å². The van der Waals surface area contributed by atoms with Gasteiger partial charge in [-0.25, -0.2) is 5.09 Å². The van der Waals surface area contributed by atoms with Crippen molar-refractivity contribution in [3.05, 3.63) is 47.0 Å². The van der Waals surface area contributed by atoms with E-state index in [4.69, 9.17) is 14.0 Å². The Balaban J connectivity index is 1.93. The molecule has 2 aromatic rings. The Morgan fingerprint density at radius 3 is 2.58 bits per heavy atom. The molecule has 1 aliphatic rings. The minimum atomic E-state index is -3.43. The second-order valence-corrected chi connectivity index (χ2v) is 13.4. The molecule has 0 aliphatic carbocycles. The van der Waals surface area contributed by atoms with Crippen LogP contribution in [0.3, 0.4) is 0 Å². The average Bonchev–Trinajstić information content (AvgIpc) is 2.76. The predicted octanol–water partition coefficient (Wildman–Crippen LogP) is 7.62. The molecule has 7 heteroatoms. The summed E-state index contributed by atoms with van der Waals surface area (Å²) in [6.45, 7) is 15.7. The van der Waals surface area contributed by atoms with E-state index >= 15 is 0 Å². The highest BCUT2D eigenvalue weighted by Gasteiger charge is 2.31. The number of rotatable bonds is 10. The van der Waals surface area contributed by atoms with Gasteiger partial charge < -0.3 is 14.0 Å². The Bertz CT molecular complexity index is 1140. The number of benzene rings is 2. The summed E-state index contributed by atoms with van der Waals surface area (Å²) in [5, 5.41) is 2.88. The van der Waals surface area contributed by atoms with Crippen molar-refractivity contribution in [3.63, 3.8) is 0 Å². The monoisotopic (exact) mass is 515 g/mol. The van der Waals surface area contributed by atoms with Crippen molar-refractivity contribution in [3.8, 4) is 22.6 Å². The quantitative estimate of drug-likeness (QED) is 0.199. The lowest BCUT2D eigenvalue weighted by Crippen LogP contribution is -2.35. The van der Waals surface area contributed by atoms with Gasteiger partial charge in [0.05, 0.1) is 12.2 Å². The highest BCUT2D eigenvalue weighted by atomic mass is 31.2. The molecule has 3 atom stereocenters. The van der Waals surface area contributed by atoms with E-state index in [0.29, 0.717) is 5.75 Å². The zero-order valence-electron chi connectivity index (χ0n) is 23.1. The molecule has 1 heterocycles. The molecule has 0 radical (unpaired) electrons. The number of carbonyl (C=O) groups excluding carboxylic acids is 1. The van der Waals surface area contributed by atoms with Crippen LogP contribution in [0.1, 0.15) is 83.6 Å². The van der Waals surface area contributed by atoms with Gasteiger partial charge in [-0.1, -0.05) is 64.3 Å². The Hall–Kier alpha value is -2.30. The van der Waals surface area contributed by atoms with E-state index in [1.165, 1.54) is 6.66 Å². The van der Waals surface area contributed by atoms with E-state index in [9.17, 15) is 9.36 Å². The summed E-state index contributed by atoms with van der Waals surface area (Å²) in [5.41, 5.74) is 4.95. The number of hydrogen-bond donors (Lipinski definition) is 1. The lowest BCUT2D eigenvalue weighted by Gasteiger charge is -2.30. The van der Waals surface area contributed by atoms with Gasteiger partial charge in [0, 0.05) is 12.2 Å². The lowest BCUT2D eigenvalue weighted by molar-refractivity contribution is -0.148. The Morgan fingerprint density at radius 2 is 1.92 bits per heavy atom. The average molecular weight is 516 g/mol. The third-order valence-corrected chi connectivity index (χ3v) is 7.52. The van der Waals surface area contributed by atoms with Crippen LogP contribution in [0.15, 0.2) is 30.3 Å². The summed E-state index contributed by atoms with van der Waals surface area (Å²) in [7, 11) is -3.43. The molecule has 0 spiro atoms. The number of nitrogens with one attached hydrogen (secondary N) is 1.